The third kappa shape index (κ3) is 3.65. The van der Waals surface area contributed by atoms with Crippen molar-refractivity contribution < 1.29 is 0 Å². The SMILES string of the molecule is [CH2]/C=C(/C(=C)C1=CC(C)CC1)C(C)(C)C(CC)CCC. The van der Waals surface area contributed by atoms with Crippen molar-refractivity contribution in [3.63, 3.8) is 0 Å². The maximum Gasteiger partial charge on any atom is -0.00728 e. The van der Waals surface area contributed by atoms with Crippen molar-refractivity contribution in [3.05, 3.63) is 42.4 Å². The lowest BCUT2D eigenvalue weighted by Gasteiger charge is -2.37. The highest BCUT2D eigenvalue weighted by atomic mass is 14.4. The van der Waals surface area contributed by atoms with Crippen LogP contribution >= 0.6 is 0 Å². The van der Waals surface area contributed by atoms with Crippen LogP contribution in [0, 0.1) is 24.2 Å². The molecule has 1 aliphatic carbocycles. The molecule has 1 aliphatic rings. The average molecular weight is 273 g/mol. The molecule has 2 atom stereocenters. The van der Waals surface area contributed by atoms with Gasteiger partial charge in [-0.05, 0) is 60.2 Å². The Labute approximate surface area is 127 Å². The Kier molecular flexibility index (Phi) is 6.30. The fraction of sp³-hybridized carbons (Fsp3) is 0.650. The van der Waals surface area contributed by atoms with Crippen LogP contribution in [0.25, 0.3) is 0 Å². The van der Waals surface area contributed by atoms with Gasteiger partial charge in [-0.2, -0.15) is 0 Å². The second kappa shape index (κ2) is 7.29. The molecule has 0 fully saturated rings. The largest absolute Gasteiger partial charge is 0.0912 e. The Morgan fingerprint density at radius 1 is 1.45 bits per heavy atom. The average Bonchev–Trinajstić information content (AvgIpc) is 2.82. The molecule has 0 spiro atoms. The van der Waals surface area contributed by atoms with E-state index in [0.29, 0.717) is 11.8 Å². The topological polar surface area (TPSA) is 0 Å². The van der Waals surface area contributed by atoms with Crippen molar-refractivity contribution in [2.45, 2.75) is 66.7 Å². The molecular formula is C20H33. The van der Waals surface area contributed by atoms with Gasteiger partial charge in [-0.15, -0.1) is 0 Å². The maximum atomic E-state index is 4.41. The van der Waals surface area contributed by atoms with Crippen LogP contribution in [0.5, 0.6) is 0 Å². The van der Waals surface area contributed by atoms with E-state index >= 15 is 0 Å². The third-order valence-corrected chi connectivity index (χ3v) is 5.12. The Morgan fingerprint density at radius 3 is 2.50 bits per heavy atom. The van der Waals surface area contributed by atoms with Gasteiger partial charge in [-0.3, -0.25) is 0 Å². The van der Waals surface area contributed by atoms with Crippen molar-refractivity contribution in [2.75, 3.05) is 0 Å². The minimum Gasteiger partial charge on any atom is -0.0912 e. The first-order chi connectivity index (χ1) is 9.38. The number of hydrogen-bond donors (Lipinski definition) is 0. The highest BCUT2D eigenvalue weighted by Crippen LogP contribution is 2.45. The van der Waals surface area contributed by atoms with Crippen molar-refractivity contribution in [1.29, 1.82) is 0 Å². The highest BCUT2D eigenvalue weighted by molar-refractivity contribution is 5.49. The first-order valence-corrected chi connectivity index (χ1v) is 8.28. The Hall–Kier alpha value is -0.780. The molecule has 0 saturated heterocycles. The zero-order valence-electron chi connectivity index (χ0n) is 14.3. The summed E-state index contributed by atoms with van der Waals surface area (Å²) in [7, 11) is 0. The summed E-state index contributed by atoms with van der Waals surface area (Å²) < 4.78 is 0. The van der Waals surface area contributed by atoms with Gasteiger partial charge in [-0.1, -0.05) is 66.2 Å². The van der Waals surface area contributed by atoms with E-state index in [2.05, 4.69) is 60.3 Å². The van der Waals surface area contributed by atoms with Gasteiger partial charge < -0.3 is 0 Å². The van der Waals surface area contributed by atoms with E-state index in [4.69, 9.17) is 0 Å². The normalized spacial score (nSPS) is 21.8. The van der Waals surface area contributed by atoms with E-state index in [-0.39, 0.29) is 5.41 Å². The minimum atomic E-state index is 0.163. The van der Waals surface area contributed by atoms with Crippen molar-refractivity contribution in [2.24, 2.45) is 17.3 Å². The predicted molar refractivity (Wildman–Crippen MR) is 91.5 cm³/mol. The summed E-state index contributed by atoms with van der Waals surface area (Å²) in [6.45, 7) is 20.1. The summed E-state index contributed by atoms with van der Waals surface area (Å²) >= 11 is 0. The fourth-order valence-electron chi connectivity index (χ4n) is 3.74. The maximum absolute atomic E-state index is 4.41. The molecular weight excluding hydrogens is 240 g/mol. The smallest absolute Gasteiger partial charge is 0.00728 e. The zero-order chi connectivity index (χ0) is 15.3. The van der Waals surface area contributed by atoms with E-state index in [1.807, 2.05) is 0 Å². The highest BCUT2D eigenvalue weighted by Gasteiger charge is 2.33. The second-order valence-corrected chi connectivity index (χ2v) is 6.92. The van der Waals surface area contributed by atoms with E-state index < -0.39 is 0 Å². The summed E-state index contributed by atoms with van der Waals surface area (Å²) in [5, 5.41) is 0. The Bertz CT molecular complexity index is 392. The van der Waals surface area contributed by atoms with Gasteiger partial charge in [0.15, 0.2) is 0 Å². The first kappa shape index (κ1) is 17.3. The molecule has 0 N–H and O–H groups in total. The zero-order valence-corrected chi connectivity index (χ0v) is 14.3. The van der Waals surface area contributed by atoms with Crippen LogP contribution in [0.4, 0.5) is 0 Å². The lowest BCUT2D eigenvalue weighted by Crippen LogP contribution is -2.27. The number of allylic oxidation sites excluding steroid dienone is 5. The molecule has 2 unspecified atom stereocenters. The van der Waals surface area contributed by atoms with Crippen LogP contribution in [-0.4, -0.2) is 0 Å². The third-order valence-electron chi connectivity index (χ3n) is 5.12. The van der Waals surface area contributed by atoms with Crippen LogP contribution in [0.3, 0.4) is 0 Å². The molecule has 0 heterocycles. The fourth-order valence-corrected chi connectivity index (χ4v) is 3.74. The molecule has 0 nitrogen and oxygen atoms in total. The van der Waals surface area contributed by atoms with Crippen molar-refractivity contribution in [3.8, 4) is 0 Å². The lowest BCUT2D eigenvalue weighted by molar-refractivity contribution is 0.242. The van der Waals surface area contributed by atoms with Gasteiger partial charge in [-0.25, -0.2) is 0 Å². The lowest BCUT2D eigenvalue weighted by atomic mass is 9.67. The summed E-state index contributed by atoms with van der Waals surface area (Å²) in [6.07, 6.45) is 10.7. The minimum absolute atomic E-state index is 0.163. The quantitative estimate of drug-likeness (QED) is 0.464. The van der Waals surface area contributed by atoms with Gasteiger partial charge in [0, 0.05) is 0 Å². The van der Waals surface area contributed by atoms with Gasteiger partial charge in [0.25, 0.3) is 0 Å². The van der Waals surface area contributed by atoms with E-state index in [0.717, 1.165) is 0 Å². The molecule has 1 radical (unpaired) electrons. The Balaban J connectivity index is 3.00. The molecule has 1 rings (SSSR count). The molecule has 0 heteroatoms. The molecule has 0 bridgehead atoms. The molecule has 0 aliphatic heterocycles. The second-order valence-electron chi connectivity index (χ2n) is 6.92. The van der Waals surface area contributed by atoms with Gasteiger partial charge >= 0.3 is 0 Å². The van der Waals surface area contributed by atoms with Gasteiger partial charge in [0.2, 0.25) is 0 Å². The van der Waals surface area contributed by atoms with Crippen LogP contribution in [0.1, 0.15) is 66.7 Å². The molecule has 113 valence electrons. The predicted octanol–water partition coefficient (Wildman–Crippen LogP) is 6.51. The van der Waals surface area contributed by atoms with Crippen LogP contribution in [0.15, 0.2) is 35.5 Å². The molecule has 0 aromatic heterocycles. The Morgan fingerprint density at radius 2 is 2.10 bits per heavy atom. The van der Waals surface area contributed by atoms with Gasteiger partial charge in [0.1, 0.15) is 0 Å². The molecule has 0 saturated carbocycles. The summed E-state index contributed by atoms with van der Waals surface area (Å²) in [5.41, 5.74) is 4.21. The number of hydrogen-bond acceptors (Lipinski definition) is 0. The molecule has 20 heavy (non-hydrogen) atoms. The van der Waals surface area contributed by atoms with E-state index in [9.17, 15) is 0 Å². The first-order valence-electron chi connectivity index (χ1n) is 8.28. The number of rotatable bonds is 7. The molecule has 0 amide bonds. The molecule has 0 aromatic carbocycles. The molecule has 0 aromatic rings. The summed E-state index contributed by atoms with van der Waals surface area (Å²) in [4.78, 5) is 0. The summed E-state index contributed by atoms with van der Waals surface area (Å²) in [6, 6.07) is 0. The van der Waals surface area contributed by atoms with Crippen molar-refractivity contribution >= 4 is 0 Å². The van der Waals surface area contributed by atoms with Crippen LogP contribution in [0.2, 0.25) is 0 Å². The van der Waals surface area contributed by atoms with Crippen LogP contribution in [-0.2, 0) is 0 Å². The monoisotopic (exact) mass is 273 g/mol. The van der Waals surface area contributed by atoms with Crippen molar-refractivity contribution in [1.82, 2.24) is 0 Å². The summed E-state index contributed by atoms with van der Waals surface area (Å²) in [5.74, 6) is 1.41. The standard InChI is InChI=1S/C20H33/c1-8-11-18(9-2)20(6,7)19(10-3)16(5)17-13-12-15(4)14-17/h10,14-15,18H,3,5,8-9,11-13H2,1-2,4,6-7H3/b19-10-. The van der Waals surface area contributed by atoms with Crippen LogP contribution < -0.4 is 0 Å². The van der Waals surface area contributed by atoms with Gasteiger partial charge in [0.05, 0.1) is 0 Å². The van der Waals surface area contributed by atoms with E-state index in [1.54, 1.807) is 0 Å². The van der Waals surface area contributed by atoms with E-state index in [1.165, 1.54) is 48.8 Å².